The van der Waals surface area contributed by atoms with Crippen molar-refractivity contribution in [3.63, 3.8) is 0 Å². The number of halogens is 2. The van der Waals surface area contributed by atoms with Crippen molar-refractivity contribution in [3.05, 3.63) is 32.2 Å². The molecule has 1 aromatic carbocycles. The van der Waals surface area contributed by atoms with Crippen LogP contribution in [0, 0.1) is 6.92 Å². The van der Waals surface area contributed by atoms with E-state index in [0.29, 0.717) is 6.10 Å². The van der Waals surface area contributed by atoms with Gasteiger partial charge in [-0.2, -0.15) is 0 Å². The maximum absolute atomic E-state index is 6.29. The quantitative estimate of drug-likeness (QED) is 0.840. The van der Waals surface area contributed by atoms with Crippen LogP contribution >= 0.6 is 31.9 Å². The number of nitrogens with two attached hydrogens (primary N) is 1. The lowest BCUT2D eigenvalue weighted by Crippen LogP contribution is -2.15. The van der Waals surface area contributed by atoms with Crippen molar-refractivity contribution < 1.29 is 4.74 Å². The van der Waals surface area contributed by atoms with E-state index >= 15 is 0 Å². The van der Waals surface area contributed by atoms with E-state index < -0.39 is 0 Å². The molecule has 0 amide bonds. The first-order chi connectivity index (χ1) is 8.58. The van der Waals surface area contributed by atoms with Gasteiger partial charge in [0.15, 0.2) is 0 Å². The number of hydrogen-bond donors (Lipinski definition) is 1. The molecular weight excluding hydrogens is 358 g/mol. The molecule has 2 unspecified atom stereocenters. The van der Waals surface area contributed by atoms with Crippen LogP contribution in [-0.2, 0) is 4.74 Å². The van der Waals surface area contributed by atoms with Gasteiger partial charge >= 0.3 is 0 Å². The van der Waals surface area contributed by atoms with E-state index in [4.69, 9.17) is 10.5 Å². The first-order valence-electron chi connectivity index (χ1n) is 6.40. The number of rotatable bonds is 4. The van der Waals surface area contributed by atoms with E-state index in [-0.39, 0.29) is 6.04 Å². The Morgan fingerprint density at radius 2 is 2.17 bits per heavy atom. The molecule has 1 heterocycles. The molecule has 1 aliphatic heterocycles. The molecule has 0 spiro atoms. The zero-order chi connectivity index (χ0) is 13.1. The number of ether oxygens (including phenoxy) is 1. The molecule has 4 heteroatoms. The lowest BCUT2D eigenvalue weighted by Gasteiger charge is -2.17. The summed E-state index contributed by atoms with van der Waals surface area (Å²) in [6.45, 7) is 3.00. The summed E-state index contributed by atoms with van der Waals surface area (Å²) in [5, 5.41) is 0. The second-order valence-electron chi connectivity index (χ2n) is 4.94. The van der Waals surface area contributed by atoms with Crippen LogP contribution in [0.2, 0.25) is 0 Å². The van der Waals surface area contributed by atoms with Crippen molar-refractivity contribution in [1.82, 2.24) is 0 Å². The summed E-state index contributed by atoms with van der Waals surface area (Å²) in [6.07, 6.45) is 4.83. The van der Waals surface area contributed by atoms with Crippen molar-refractivity contribution in [3.8, 4) is 0 Å². The van der Waals surface area contributed by atoms with Crippen LogP contribution in [0.1, 0.15) is 42.9 Å². The van der Waals surface area contributed by atoms with Crippen LogP contribution in [0.5, 0.6) is 0 Å². The predicted molar refractivity (Wildman–Crippen MR) is 81.7 cm³/mol. The third-order valence-corrected chi connectivity index (χ3v) is 5.04. The highest BCUT2D eigenvalue weighted by atomic mass is 79.9. The fourth-order valence-electron chi connectivity index (χ4n) is 2.34. The summed E-state index contributed by atoms with van der Waals surface area (Å²) < 4.78 is 7.85. The van der Waals surface area contributed by atoms with Crippen LogP contribution in [0.3, 0.4) is 0 Å². The normalized spacial score (nSPS) is 21.2. The Labute approximate surface area is 126 Å². The Morgan fingerprint density at radius 3 is 2.83 bits per heavy atom. The molecule has 1 fully saturated rings. The topological polar surface area (TPSA) is 35.2 Å². The zero-order valence-corrected chi connectivity index (χ0v) is 13.8. The highest BCUT2D eigenvalue weighted by Gasteiger charge is 2.18. The molecule has 2 rings (SSSR count). The molecule has 1 aliphatic rings. The van der Waals surface area contributed by atoms with Gasteiger partial charge in [-0.1, -0.05) is 31.9 Å². The highest BCUT2D eigenvalue weighted by Crippen LogP contribution is 2.31. The molecule has 100 valence electrons. The van der Waals surface area contributed by atoms with E-state index in [2.05, 4.69) is 50.9 Å². The third kappa shape index (κ3) is 3.56. The van der Waals surface area contributed by atoms with Gasteiger partial charge in [-0.25, -0.2) is 0 Å². The summed E-state index contributed by atoms with van der Waals surface area (Å²) in [7, 11) is 0. The van der Waals surface area contributed by atoms with Crippen molar-refractivity contribution in [2.24, 2.45) is 5.73 Å². The second-order valence-corrected chi connectivity index (χ2v) is 6.65. The van der Waals surface area contributed by atoms with Gasteiger partial charge in [0.2, 0.25) is 0 Å². The molecule has 1 saturated heterocycles. The molecule has 0 bridgehead atoms. The fraction of sp³-hybridized carbons (Fsp3) is 0.571. The average molecular weight is 377 g/mol. The monoisotopic (exact) mass is 375 g/mol. The van der Waals surface area contributed by atoms with Gasteiger partial charge in [0, 0.05) is 21.6 Å². The molecule has 0 radical (unpaired) electrons. The van der Waals surface area contributed by atoms with Gasteiger partial charge in [0.05, 0.1) is 6.10 Å². The first-order valence-corrected chi connectivity index (χ1v) is 7.99. The summed E-state index contributed by atoms with van der Waals surface area (Å²) >= 11 is 7.17. The maximum Gasteiger partial charge on any atom is 0.0576 e. The summed E-state index contributed by atoms with van der Waals surface area (Å²) in [5.41, 5.74) is 8.68. The fourth-order valence-corrected chi connectivity index (χ4v) is 3.45. The predicted octanol–water partition coefficient (Wildman–Crippen LogP) is 4.48. The van der Waals surface area contributed by atoms with Crippen molar-refractivity contribution in [2.75, 3.05) is 6.61 Å². The molecule has 2 N–H and O–H groups in total. The molecular formula is C14H19Br2NO. The van der Waals surface area contributed by atoms with Gasteiger partial charge in [0.25, 0.3) is 0 Å². The second kappa shape index (κ2) is 6.51. The van der Waals surface area contributed by atoms with Gasteiger partial charge in [-0.3, -0.25) is 0 Å². The molecule has 0 aliphatic carbocycles. The van der Waals surface area contributed by atoms with Crippen LogP contribution in [0.4, 0.5) is 0 Å². The Kier molecular flexibility index (Phi) is 5.24. The van der Waals surface area contributed by atoms with E-state index in [1.54, 1.807) is 0 Å². The van der Waals surface area contributed by atoms with Crippen LogP contribution in [0.15, 0.2) is 21.1 Å². The van der Waals surface area contributed by atoms with Gasteiger partial charge in [-0.15, -0.1) is 0 Å². The Bertz CT molecular complexity index is 417. The Balaban J connectivity index is 1.99. The number of hydrogen-bond acceptors (Lipinski definition) is 2. The van der Waals surface area contributed by atoms with E-state index in [1.807, 2.05) is 0 Å². The number of aryl methyl sites for hydroxylation is 1. The lowest BCUT2D eigenvalue weighted by atomic mass is 9.99. The zero-order valence-electron chi connectivity index (χ0n) is 10.6. The minimum absolute atomic E-state index is 0.0699. The molecule has 0 aromatic heterocycles. The summed E-state index contributed by atoms with van der Waals surface area (Å²) in [5.74, 6) is 0. The Morgan fingerprint density at radius 1 is 1.39 bits per heavy atom. The minimum atomic E-state index is 0.0699. The van der Waals surface area contributed by atoms with E-state index in [1.165, 1.54) is 24.0 Å². The molecule has 0 saturated carbocycles. The van der Waals surface area contributed by atoms with Gasteiger partial charge < -0.3 is 10.5 Å². The standard InChI is InChI=1S/C14H19Br2NO/c1-9-7-13(16)11(8-12(9)15)14(17)5-4-10-3-2-6-18-10/h7-8,10,14H,2-6,17H2,1H3. The summed E-state index contributed by atoms with van der Waals surface area (Å²) in [6, 6.07) is 4.31. The SMILES string of the molecule is Cc1cc(Br)c(C(N)CCC2CCCO2)cc1Br. The molecule has 2 atom stereocenters. The van der Waals surface area contributed by atoms with Crippen molar-refractivity contribution in [1.29, 1.82) is 0 Å². The van der Waals surface area contributed by atoms with Crippen molar-refractivity contribution in [2.45, 2.75) is 44.8 Å². The van der Waals surface area contributed by atoms with E-state index in [0.717, 1.165) is 28.4 Å². The smallest absolute Gasteiger partial charge is 0.0576 e. The maximum atomic E-state index is 6.29. The first kappa shape index (κ1) is 14.5. The van der Waals surface area contributed by atoms with Gasteiger partial charge in [-0.05, 0) is 55.9 Å². The molecule has 1 aromatic rings. The molecule has 18 heavy (non-hydrogen) atoms. The van der Waals surface area contributed by atoms with Crippen molar-refractivity contribution >= 4 is 31.9 Å². The molecule has 2 nitrogen and oxygen atoms in total. The largest absolute Gasteiger partial charge is 0.378 e. The average Bonchev–Trinajstić information content (AvgIpc) is 2.84. The Hall–Kier alpha value is 0.1000. The lowest BCUT2D eigenvalue weighted by molar-refractivity contribution is 0.101. The summed E-state index contributed by atoms with van der Waals surface area (Å²) in [4.78, 5) is 0. The van der Waals surface area contributed by atoms with Crippen LogP contribution < -0.4 is 5.73 Å². The van der Waals surface area contributed by atoms with E-state index in [9.17, 15) is 0 Å². The highest BCUT2D eigenvalue weighted by molar-refractivity contribution is 9.11. The third-order valence-electron chi connectivity index (χ3n) is 3.50. The number of benzene rings is 1. The minimum Gasteiger partial charge on any atom is -0.378 e. The van der Waals surface area contributed by atoms with Crippen LogP contribution in [-0.4, -0.2) is 12.7 Å². The van der Waals surface area contributed by atoms with Gasteiger partial charge in [0.1, 0.15) is 0 Å². The van der Waals surface area contributed by atoms with Crippen LogP contribution in [0.25, 0.3) is 0 Å².